The summed E-state index contributed by atoms with van der Waals surface area (Å²) in [4.78, 5) is 35.8. The first-order valence-corrected chi connectivity index (χ1v) is 9.24. The van der Waals surface area contributed by atoms with Crippen LogP contribution >= 0.6 is 0 Å². The average molecular weight is 380 g/mol. The fraction of sp³-hybridized carbons (Fsp3) is 0.286. The van der Waals surface area contributed by atoms with Gasteiger partial charge < -0.3 is 21.3 Å². The van der Waals surface area contributed by atoms with Crippen molar-refractivity contribution in [1.82, 2.24) is 5.32 Å². The number of nitrogens with one attached hydrogen (secondary N) is 4. The Bertz CT molecular complexity index is 889. The van der Waals surface area contributed by atoms with E-state index in [0.717, 1.165) is 24.1 Å². The highest BCUT2D eigenvalue weighted by atomic mass is 16.2. The van der Waals surface area contributed by atoms with Gasteiger partial charge in [-0.25, -0.2) is 0 Å². The zero-order valence-corrected chi connectivity index (χ0v) is 16.0. The summed E-state index contributed by atoms with van der Waals surface area (Å²) in [5.74, 6) is -0.206. The van der Waals surface area contributed by atoms with E-state index in [-0.39, 0.29) is 30.2 Å². The Morgan fingerprint density at radius 2 is 1.61 bits per heavy atom. The Morgan fingerprint density at radius 1 is 0.964 bits per heavy atom. The Hall–Kier alpha value is -3.35. The number of rotatable bonds is 7. The Labute approximate surface area is 163 Å². The van der Waals surface area contributed by atoms with Crippen molar-refractivity contribution >= 4 is 34.8 Å². The van der Waals surface area contributed by atoms with Gasteiger partial charge >= 0.3 is 0 Å². The van der Waals surface area contributed by atoms with Crippen molar-refractivity contribution in [2.24, 2.45) is 5.92 Å². The largest absolute Gasteiger partial charge is 0.376 e. The SMILES string of the molecule is CNC(=O)c1ccc(NCC(=O)Nc2cccc(NC(=O)C3CC3)c2C)cc1. The third kappa shape index (κ3) is 4.88. The van der Waals surface area contributed by atoms with E-state index >= 15 is 0 Å². The minimum absolute atomic E-state index is 0.0356. The van der Waals surface area contributed by atoms with Gasteiger partial charge in [0.15, 0.2) is 0 Å². The molecule has 3 rings (SSSR count). The van der Waals surface area contributed by atoms with Crippen LogP contribution in [0.15, 0.2) is 42.5 Å². The van der Waals surface area contributed by atoms with Crippen LogP contribution in [0, 0.1) is 12.8 Å². The van der Waals surface area contributed by atoms with Crippen LogP contribution in [-0.2, 0) is 9.59 Å². The molecule has 2 aromatic carbocycles. The van der Waals surface area contributed by atoms with E-state index in [2.05, 4.69) is 21.3 Å². The molecule has 0 unspecified atom stereocenters. The molecule has 0 radical (unpaired) electrons. The van der Waals surface area contributed by atoms with Crippen LogP contribution in [0.25, 0.3) is 0 Å². The van der Waals surface area contributed by atoms with Crippen molar-refractivity contribution in [1.29, 1.82) is 0 Å². The summed E-state index contributed by atoms with van der Waals surface area (Å²) in [7, 11) is 1.58. The molecule has 1 aliphatic rings. The number of hydrogen-bond acceptors (Lipinski definition) is 4. The molecule has 1 aliphatic carbocycles. The van der Waals surface area contributed by atoms with Crippen LogP contribution in [0.3, 0.4) is 0 Å². The summed E-state index contributed by atoms with van der Waals surface area (Å²) < 4.78 is 0. The predicted molar refractivity (Wildman–Crippen MR) is 109 cm³/mol. The monoisotopic (exact) mass is 380 g/mol. The number of benzene rings is 2. The standard InChI is InChI=1S/C21H24N4O3/c1-13-17(4-3-5-18(13)25-21(28)15-6-7-15)24-19(26)12-23-16-10-8-14(9-11-16)20(27)22-2/h3-5,8-11,15,23H,6-7,12H2,1-2H3,(H,22,27)(H,24,26)(H,25,28). The quantitative estimate of drug-likeness (QED) is 0.593. The maximum atomic E-state index is 12.3. The van der Waals surface area contributed by atoms with Gasteiger partial charge in [0.2, 0.25) is 11.8 Å². The molecular weight excluding hydrogens is 356 g/mol. The number of carbonyl (C=O) groups excluding carboxylic acids is 3. The Morgan fingerprint density at radius 3 is 2.21 bits per heavy atom. The first-order valence-electron chi connectivity index (χ1n) is 9.24. The molecule has 7 nitrogen and oxygen atoms in total. The van der Waals surface area contributed by atoms with Gasteiger partial charge in [0.05, 0.1) is 6.54 Å². The number of hydrogen-bond donors (Lipinski definition) is 4. The highest BCUT2D eigenvalue weighted by Gasteiger charge is 2.29. The average Bonchev–Trinajstić information content (AvgIpc) is 3.54. The predicted octanol–water partition coefficient (Wildman–Crippen LogP) is 2.75. The lowest BCUT2D eigenvalue weighted by Crippen LogP contribution is -2.23. The van der Waals surface area contributed by atoms with Gasteiger partial charge in [-0.2, -0.15) is 0 Å². The first kappa shape index (κ1) is 19.4. The molecule has 146 valence electrons. The molecule has 1 fully saturated rings. The molecule has 3 amide bonds. The van der Waals surface area contributed by atoms with Gasteiger partial charge in [-0.1, -0.05) is 6.07 Å². The Balaban J connectivity index is 1.55. The van der Waals surface area contributed by atoms with E-state index in [9.17, 15) is 14.4 Å². The summed E-state index contributed by atoms with van der Waals surface area (Å²) in [5.41, 5.74) is 3.49. The second-order valence-electron chi connectivity index (χ2n) is 6.80. The van der Waals surface area contributed by atoms with Crippen molar-refractivity contribution in [2.75, 3.05) is 29.5 Å². The maximum absolute atomic E-state index is 12.3. The maximum Gasteiger partial charge on any atom is 0.251 e. The molecule has 0 heterocycles. The Kier molecular flexibility index (Phi) is 5.93. The molecule has 0 bridgehead atoms. The summed E-state index contributed by atoms with van der Waals surface area (Å²) >= 11 is 0. The highest BCUT2D eigenvalue weighted by molar-refractivity contribution is 5.98. The molecule has 28 heavy (non-hydrogen) atoms. The van der Waals surface area contributed by atoms with Gasteiger partial charge in [-0.3, -0.25) is 14.4 Å². The van der Waals surface area contributed by atoms with Gasteiger partial charge in [0.1, 0.15) is 0 Å². The van der Waals surface area contributed by atoms with E-state index in [1.807, 2.05) is 13.0 Å². The van der Waals surface area contributed by atoms with Crippen LogP contribution in [0.4, 0.5) is 17.1 Å². The molecule has 0 aromatic heterocycles. The van der Waals surface area contributed by atoms with Crippen molar-refractivity contribution in [3.63, 3.8) is 0 Å². The molecule has 0 atom stereocenters. The van der Waals surface area contributed by atoms with E-state index in [1.165, 1.54) is 0 Å². The zero-order valence-electron chi connectivity index (χ0n) is 16.0. The minimum atomic E-state index is -0.204. The van der Waals surface area contributed by atoms with E-state index in [1.54, 1.807) is 43.4 Å². The summed E-state index contributed by atoms with van der Waals surface area (Å²) in [6, 6.07) is 12.3. The first-order chi connectivity index (χ1) is 13.5. The third-order valence-electron chi connectivity index (χ3n) is 4.64. The van der Waals surface area contributed by atoms with Gasteiger partial charge in [0, 0.05) is 35.6 Å². The second kappa shape index (κ2) is 8.56. The van der Waals surface area contributed by atoms with E-state index < -0.39 is 0 Å². The minimum Gasteiger partial charge on any atom is -0.376 e. The van der Waals surface area contributed by atoms with E-state index in [0.29, 0.717) is 16.9 Å². The van der Waals surface area contributed by atoms with Crippen LogP contribution < -0.4 is 21.3 Å². The molecule has 2 aromatic rings. The molecule has 7 heteroatoms. The van der Waals surface area contributed by atoms with Crippen LogP contribution in [0.5, 0.6) is 0 Å². The normalized spacial score (nSPS) is 12.8. The second-order valence-corrected chi connectivity index (χ2v) is 6.80. The fourth-order valence-corrected chi connectivity index (χ4v) is 2.75. The summed E-state index contributed by atoms with van der Waals surface area (Å²) in [6.45, 7) is 1.94. The number of anilines is 3. The topological polar surface area (TPSA) is 99.3 Å². The van der Waals surface area contributed by atoms with Crippen LogP contribution in [-0.4, -0.2) is 31.3 Å². The third-order valence-corrected chi connectivity index (χ3v) is 4.64. The molecule has 0 spiro atoms. The molecular formula is C21H24N4O3. The molecule has 1 saturated carbocycles. The molecule has 0 saturated heterocycles. The number of amides is 3. The lowest BCUT2D eigenvalue weighted by molar-refractivity contribution is -0.117. The van der Waals surface area contributed by atoms with E-state index in [4.69, 9.17) is 0 Å². The van der Waals surface area contributed by atoms with Crippen molar-refractivity contribution < 1.29 is 14.4 Å². The van der Waals surface area contributed by atoms with Crippen molar-refractivity contribution in [3.05, 3.63) is 53.6 Å². The molecule has 4 N–H and O–H groups in total. The fourth-order valence-electron chi connectivity index (χ4n) is 2.75. The zero-order chi connectivity index (χ0) is 20.1. The lowest BCUT2D eigenvalue weighted by Gasteiger charge is -2.14. The smallest absolute Gasteiger partial charge is 0.251 e. The van der Waals surface area contributed by atoms with Crippen LogP contribution in [0.1, 0.15) is 28.8 Å². The van der Waals surface area contributed by atoms with Gasteiger partial charge in [-0.15, -0.1) is 0 Å². The van der Waals surface area contributed by atoms with Crippen molar-refractivity contribution in [3.8, 4) is 0 Å². The molecule has 0 aliphatic heterocycles. The highest BCUT2D eigenvalue weighted by Crippen LogP contribution is 2.31. The van der Waals surface area contributed by atoms with Gasteiger partial charge in [0.25, 0.3) is 5.91 Å². The van der Waals surface area contributed by atoms with Gasteiger partial charge in [-0.05, 0) is 61.7 Å². The summed E-state index contributed by atoms with van der Waals surface area (Å²) in [5, 5.41) is 11.4. The number of carbonyl (C=O) groups is 3. The van der Waals surface area contributed by atoms with Crippen molar-refractivity contribution in [2.45, 2.75) is 19.8 Å². The summed E-state index contributed by atoms with van der Waals surface area (Å²) in [6.07, 6.45) is 1.88. The lowest BCUT2D eigenvalue weighted by atomic mass is 10.1. The van der Waals surface area contributed by atoms with Crippen LogP contribution in [0.2, 0.25) is 0 Å².